The Labute approximate surface area is 132 Å². The van der Waals surface area contributed by atoms with Crippen molar-refractivity contribution in [2.75, 3.05) is 46.5 Å². The second-order valence-corrected chi connectivity index (χ2v) is 6.97. The maximum absolute atomic E-state index is 12.3. The number of carbonyl (C=O) groups is 1. The van der Waals surface area contributed by atoms with Crippen molar-refractivity contribution in [1.82, 2.24) is 9.80 Å². The van der Waals surface area contributed by atoms with Crippen molar-refractivity contribution < 1.29 is 4.79 Å². The summed E-state index contributed by atoms with van der Waals surface area (Å²) in [6.07, 6.45) is 4.54. The minimum Gasteiger partial charge on any atom is -0.306 e. The molecular weight excluding hydrogens is 280 g/mol. The number of Topliss-reactive ketones (excluding diaryl/α,β-unsaturated/α-hetero) is 1. The van der Waals surface area contributed by atoms with Gasteiger partial charge in [0.2, 0.25) is 0 Å². The first-order valence-electron chi connectivity index (χ1n) is 7.63. The smallest absolute Gasteiger partial charge is 0.176 e. The van der Waals surface area contributed by atoms with Gasteiger partial charge < -0.3 is 4.90 Å². The Bertz CT molecular complexity index is 452. The lowest BCUT2D eigenvalue weighted by molar-refractivity contribution is 0.0924. The van der Waals surface area contributed by atoms with Gasteiger partial charge >= 0.3 is 0 Å². The quantitative estimate of drug-likeness (QED) is 0.595. The first-order chi connectivity index (χ1) is 10.1. The van der Waals surface area contributed by atoms with Crippen LogP contribution in [-0.2, 0) is 0 Å². The summed E-state index contributed by atoms with van der Waals surface area (Å²) in [5.41, 5.74) is 0.822. The molecule has 0 radical (unpaired) electrons. The largest absolute Gasteiger partial charge is 0.306 e. The number of likely N-dealkylation sites (tertiary alicyclic amines) is 1. The highest BCUT2D eigenvalue weighted by atomic mass is 32.2. The Hall–Kier alpha value is -0.840. The third-order valence-electron chi connectivity index (χ3n) is 4.23. The van der Waals surface area contributed by atoms with Crippen molar-refractivity contribution >= 4 is 17.5 Å². The van der Waals surface area contributed by atoms with E-state index in [0.29, 0.717) is 6.54 Å². The number of hydrogen-bond donors (Lipinski definition) is 0. The van der Waals surface area contributed by atoms with Crippen molar-refractivity contribution in [3.05, 3.63) is 29.8 Å². The van der Waals surface area contributed by atoms with Gasteiger partial charge in [-0.2, -0.15) is 0 Å². The van der Waals surface area contributed by atoms with Crippen LogP contribution in [0.1, 0.15) is 23.2 Å². The van der Waals surface area contributed by atoms with Gasteiger partial charge in [-0.3, -0.25) is 9.69 Å². The summed E-state index contributed by atoms with van der Waals surface area (Å²) in [6, 6.07) is 7.93. The van der Waals surface area contributed by atoms with Gasteiger partial charge in [0.1, 0.15) is 0 Å². The fourth-order valence-electron chi connectivity index (χ4n) is 2.86. The number of thioether (sulfide) groups is 1. The first kappa shape index (κ1) is 16.5. The second-order valence-electron chi connectivity index (χ2n) is 6.10. The van der Waals surface area contributed by atoms with Gasteiger partial charge in [0.05, 0.1) is 6.54 Å². The number of likely N-dealkylation sites (N-methyl/N-ethyl adjacent to an activating group) is 1. The molecule has 4 heteroatoms. The molecule has 0 saturated carbocycles. The number of ketones is 1. The van der Waals surface area contributed by atoms with E-state index in [2.05, 4.69) is 23.9 Å². The van der Waals surface area contributed by atoms with E-state index >= 15 is 0 Å². The zero-order valence-corrected chi connectivity index (χ0v) is 14.2. The molecule has 116 valence electrons. The minimum atomic E-state index is 0.220. The fourth-order valence-corrected chi connectivity index (χ4v) is 3.27. The van der Waals surface area contributed by atoms with Crippen LogP contribution in [-0.4, -0.2) is 62.1 Å². The SMILES string of the molecule is CSc1ccc(C(=O)CN(C)CC2CCN(C)CC2)cc1. The maximum Gasteiger partial charge on any atom is 0.176 e. The van der Waals surface area contributed by atoms with Crippen molar-refractivity contribution in [2.45, 2.75) is 17.7 Å². The topological polar surface area (TPSA) is 23.6 Å². The Kier molecular flexibility index (Phi) is 6.27. The molecule has 1 aliphatic heterocycles. The van der Waals surface area contributed by atoms with E-state index in [1.54, 1.807) is 11.8 Å². The highest BCUT2D eigenvalue weighted by Gasteiger charge is 2.19. The van der Waals surface area contributed by atoms with Crippen molar-refractivity contribution in [2.24, 2.45) is 5.92 Å². The van der Waals surface area contributed by atoms with Crippen LogP contribution in [0.25, 0.3) is 0 Å². The van der Waals surface area contributed by atoms with Gasteiger partial charge in [-0.05, 0) is 64.3 Å². The van der Waals surface area contributed by atoms with E-state index < -0.39 is 0 Å². The summed E-state index contributed by atoms with van der Waals surface area (Å²) in [4.78, 5) is 18.1. The molecule has 0 atom stereocenters. The lowest BCUT2D eigenvalue weighted by Gasteiger charge is -2.31. The Morgan fingerprint density at radius 2 is 1.90 bits per heavy atom. The number of hydrogen-bond acceptors (Lipinski definition) is 4. The van der Waals surface area contributed by atoms with Gasteiger partial charge in [0.25, 0.3) is 0 Å². The molecule has 1 saturated heterocycles. The number of benzene rings is 1. The van der Waals surface area contributed by atoms with Crippen LogP contribution < -0.4 is 0 Å². The average molecular weight is 306 g/mol. The van der Waals surface area contributed by atoms with Gasteiger partial charge in [0.15, 0.2) is 5.78 Å². The van der Waals surface area contributed by atoms with E-state index in [0.717, 1.165) is 18.0 Å². The zero-order chi connectivity index (χ0) is 15.2. The summed E-state index contributed by atoms with van der Waals surface area (Å²) in [5, 5.41) is 0. The minimum absolute atomic E-state index is 0.220. The monoisotopic (exact) mass is 306 g/mol. The highest BCUT2D eigenvalue weighted by molar-refractivity contribution is 7.98. The van der Waals surface area contributed by atoms with Crippen molar-refractivity contribution in [3.63, 3.8) is 0 Å². The van der Waals surface area contributed by atoms with Crippen LogP contribution in [0.5, 0.6) is 0 Å². The molecule has 1 heterocycles. The predicted octanol–water partition coefficient (Wildman–Crippen LogP) is 2.86. The fraction of sp³-hybridized carbons (Fsp3) is 0.588. The van der Waals surface area contributed by atoms with E-state index in [1.165, 1.54) is 30.8 Å². The highest BCUT2D eigenvalue weighted by Crippen LogP contribution is 2.18. The molecule has 1 aromatic carbocycles. The second kappa shape index (κ2) is 7.97. The van der Waals surface area contributed by atoms with Gasteiger partial charge in [-0.1, -0.05) is 12.1 Å². The van der Waals surface area contributed by atoms with E-state index in [4.69, 9.17) is 0 Å². The summed E-state index contributed by atoms with van der Waals surface area (Å²) < 4.78 is 0. The van der Waals surface area contributed by atoms with Crippen LogP contribution in [0.3, 0.4) is 0 Å². The Balaban J connectivity index is 1.81. The molecule has 0 amide bonds. The molecule has 2 rings (SSSR count). The molecule has 0 N–H and O–H groups in total. The third kappa shape index (κ3) is 5.13. The molecule has 0 unspecified atom stereocenters. The number of piperidine rings is 1. The molecule has 0 spiro atoms. The molecular formula is C17H26N2OS. The average Bonchev–Trinajstić information content (AvgIpc) is 2.49. The summed E-state index contributed by atoms with van der Waals surface area (Å²) in [5.74, 6) is 0.955. The normalized spacial score (nSPS) is 17.3. The van der Waals surface area contributed by atoms with E-state index in [9.17, 15) is 4.79 Å². The van der Waals surface area contributed by atoms with E-state index in [-0.39, 0.29) is 5.78 Å². The van der Waals surface area contributed by atoms with Crippen LogP contribution in [0.15, 0.2) is 29.2 Å². The number of carbonyl (C=O) groups excluding carboxylic acids is 1. The standard InChI is InChI=1S/C17H26N2OS/c1-18-10-8-14(9-11-18)12-19(2)13-17(20)15-4-6-16(21-3)7-5-15/h4-7,14H,8-13H2,1-3H3. The molecule has 1 fully saturated rings. The van der Waals surface area contributed by atoms with E-state index in [1.807, 2.05) is 30.5 Å². The summed E-state index contributed by atoms with van der Waals surface area (Å²) >= 11 is 1.70. The van der Waals surface area contributed by atoms with Crippen LogP contribution in [0, 0.1) is 5.92 Å². The van der Waals surface area contributed by atoms with Crippen molar-refractivity contribution in [3.8, 4) is 0 Å². The zero-order valence-electron chi connectivity index (χ0n) is 13.3. The first-order valence-corrected chi connectivity index (χ1v) is 8.85. The molecule has 0 aliphatic carbocycles. The Morgan fingerprint density at radius 1 is 1.29 bits per heavy atom. The molecule has 0 aromatic heterocycles. The van der Waals surface area contributed by atoms with Gasteiger partial charge in [-0.25, -0.2) is 0 Å². The molecule has 1 aliphatic rings. The van der Waals surface area contributed by atoms with Gasteiger partial charge in [0, 0.05) is 17.0 Å². The lowest BCUT2D eigenvalue weighted by atomic mass is 9.96. The number of rotatable bonds is 6. The lowest BCUT2D eigenvalue weighted by Crippen LogP contribution is -2.37. The molecule has 1 aromatic rings. The molecule has 21 heavy (non-hydrogen) atoms. The summed E-state index contributed by atoms with van der Waals surface area (Å²) in [6.45, 7) is 3.92. The van der Waals surface area contributed by atoms with Crippen LogP contribution >= 0.6 is 11.8 Å². The Morgan fingerprint density at radius 3 is 2.48 bits per heavy atom. The molecule has 0 bridgehead atoms. The number of nitrogens with zero attached hydrogens (tertiary/aromatic N) is 2. The predicted molar refractivity (Wildman–Crippen MR) is 90.3 cm³/mol. The third-order valence-corrected chi connectivity index (χ3v) is 4.98. The van der Waals surface area contributed by atoms with Crippen LogP contribution in [0.4, 0.5) is 0 Å². The summed E-state index contributed by atoms with van der Waals surface area (Å²) in [7, 11) is 4.24. The van der Waals surface area contributed by atoms with Gasteiger partial charge in [-0.15, -0.1) is 11.8 Å². The van der Waals surface area contributed by atoms with Crippen LogP contribution in [0.2, 0.25) is 0 Å². The molecule has 3 nitrogen and oxygen atoms in total. The maximum atomic E-state index is 12.3. The van der Waals surface area contributed by atoms with Crippen molar-refractivity contribution in [1.29, 1.82) is 0 Å².